The Morgan fingerprint density at radius 2 is 1.94 bits per heavy atom. The van der Waals surface area contributed by atoms with Crippen molar-refractivity contribution in [2.45, 2.75) is 19.4 Å². The Morgan fingerprint density at radius 3 is 2.76 bits per heavy atom. The van der Waals surface area contributed by atoms with E-state index in [2.05, 4.69) is 25.7 Å². The van der Waals surface area contributed by atoms with Crippen molar-refractivity contribution in [1.29, 1.82) is 0 Å². The summed E-state index contributed by atoms with van der Waals surface area (Å²) in [5.74, 6) is 0.538. The molecule has 1 aliphatic heterocycles. The van der Waals surface area contributed by atoms with Gasteiger partial charge in [0.1, 0.15) is 0 Å². The number of nitrogens with zero attached hydrogens (tertiary/aromatic N) is 3. The van der Waals surface area contributed by atoms with Gasteiger partial charge < -0.3 is 19.9 Å². The van der Waals surface area contributed by atoms with Crippen LogP contribution in [0.25, 0.3) is 11.4 Å². The fraction of sp³-hybridized carbons (Fsp3) is 0.360. The van der Waals surface area contributed by atoms with E-state index in [0.29, 0.717) is 49.2 Å². The minimum Gasteiger partial charge on any atom is -0.383 e. The average molecular weight is 464 g/mol. The van der Waals surface area contributed by atoms with Crippen LogP contribution in [0.2, 0.25) is 0 Å². The molecule has 1 unspecified atom stereocenters. The van der Waals surface area contributed by atoms with Crippen LogP contribution in [-0.4, -0.2) is 60.2 Å². The number of hydrogen-bond acceptors (Lipinski definition) is 7. The Balaban J connectivity index is 1.35. The number of anilines is 1. The van der Waals surface area contributed by atoms with Gasteiger partial charge in [-0.3, -0.25) is 14.5 Å². The van der Waals surface area contributed by atoms with Crippen LogP contribution in [0.1, 0.15) is 29.1 Å². The van der Waals surface area contributed by atoms with Crippen molar-refractivity contribution in [3.63, 3.8) is 0 Å². The molecule has 3 aromatic rings. The number of hydrogen-bond donors (Lipinski definition) is 2. The average Bonchev–Trinajstić information content (AvgIpc) is 3.33. The Labute approximate surface area is 198 Å². The van der Waals surface area contributed by atoms with Gasteiger partial charge >= 0.3 is 0 Å². The molecule has 2 amide bonds. The predicted molar refractivity (Wildman–Crippen MR) is 127 cm³/mol. The van der Waals surface area contributed by atoms with E-state index in [4.69, 9.17) is 9.26 Å². The van der Waals surface area contributed by atoms with Crippen LogP contribution in [0.4, 0.5) is 5.69 Å². The fourth-order valence-corrected chi connectivity index (χ4v) is 4.01. The summed E-state index contributed by atoms with van der Waals surface area (Å²) in [5.41, 5.74) is 1.83. The number of carbonyl (C=O) groups excluding carboxylic acids is 2. The maximum atomic E-state index is 13.0. The summed E-state index contributed by atoms with van der Waals surface area (Å²) in [6.07, 6.45) is 1.67. The van der Waals surface area contributed by atoms with Crippen molar-refractivity contribution in [3.05, 3.63) is 66.1 Å². The van der Waals surface area contributed by atoms with Gasteiger partial charge in [0.05, 0.1) is 30.3 Å². The standard InChI is InChI=1S/C25H29N5O4/c1-33-15-13-26-25(32)20-11-5-6-12-21(20)27-24(31)19-10-7-14-30(16-19)17-22-28-23(29-34-22)18-8-3-2-4-9-18/h2-6,8-9,11-12,19H,7,10,13-17H2,1H3,(H,26,32)(H,27,31). The summed E-state index contributed by atoms with van der Waals surface area (Å²) >= 11 is 0. The van der Waals surface area contributed by atoms with Gasteiger partial charge in [-0.05, 0) is 31.5 Å². The second kappa shape index (κ2) is 11.5. The maximum absolute atomic E-state index is 13.0. The zero-order valence-corrected chi connectivity index (χ0v) is 19.2. The highest BCUT2D eigenvalue weighted by atomic mass is 16.5. The minimum atomic E-state index is -0.246. The van der Waals surface area contributed by atoms with Crippen LogP contribution in [0.3, 0.4) is 0 Å². The molecule has 2 N–H and O–H groups in total. The molecule has 1 aliphatic rings. The Morgan fingerprint density at radius 1 is 1.15 bits per heavy atom. The van der Waals surface area contributed by atoms with E-state index in [9.17, 15) is 9.59 Å². The van der Waals surface area contributed by atoms with Gasteiger partial charge in [-0.15, -0.1) is 0 Å². The van der Waals surface area contributed by atoms with Crippen LogP contribution in [0.5, 0.6) is 0 Å². The van der Waals surface area contributed by atoms with Gasteiger partial charge in [0.25, 0.3) is 5.91 Å². The minimum absolute atomic E-state index is 0.0997. The van der Waals surface area contributed by atoms with Gasteiger partial charge in [-0.2, -0.15) is 4.98 Å². The zero-order valence-electron chi connectivity index (χ0n) is 19.2. The number of nitrogens with one attached hydrogen (secondary N) is 2. The van der Waals surface area contributed by atoms with Crippen molar-refractivity contribution < 1.29 is 18.8 Å². The van der Waals surface area contributed by atoms with E-state index in [1.165, 1.54) is 0 Å². The molecule has 1 aromatic heterocycles. The molecule has 2 heterocycles. The van der Waals surface area contributed by atoms with Crippen molar-refractivity contribution in [2.75, 3.05) is 38.7 Å². The number of ether oxygens (including phenoxy) is 1. The smallest absolute Gasteiger partial charge is 0.253 e. The van der Waals surface area contributed by atoms with Gasteiger partial charge in [0.2, 0.25) is 17.6 Å². The molecule has 178 valence electrons. The summed E-state index contributed by atoms with van der Waals surface area (Å²) in [7, 11) is 1.58. The fourth-order valence-electron chi connectivity index (χ4n) is 4.01. The van der Waals surface area contributed by atoms with E-state index < -0.39 is 0 Å². The monoisotopic (exact) mass is 463 g/mol. The third kappa shape index (κ3) is 6.06. The molecule has 1 atom stereocenters. The number of amides is 2. The lowest BCUT2D eigenvalue weighted by Crippen LogP contribution is -2.40. The molecule has 1 fully saturated rings. The second-order valence-electron chi connectivity index (χ2n) is 8.24. The number of para-hydroxylation sites is 1. The van der Waals surface area contributed by atoms with Crippen LogP contribution in [0, 0.1) is 5.92 Å². The van der Waals surface area contributed by atoms with Crippen molar-refractivity contribution in [3.8, 4) is 11.4 Å². The lowest BCUT2D eigenvalue weighted by Gasteiger charge is -2.31. The molecule has 34 heavy (non-hydrogen) atoms. The van der Waals surface area contributed by atoms with E-state index in [0.717, 1.165) is 24.9 Å². The SMILES string of the molecule is COCCNC(=O)c1ccccc1NC(=O)C1CCCN(Cc2nc(-c3ccccc3)no2)C1. The summed E-state index contributed by atoms with van der Waals surface area (Å²) in [6.45, 7) is 2.74. The molecule has 0 aliphatic carbocycles. The summed E-state index contributed by atoms with van der Waals surface area (Å²) in [6, 6.07) is 16.7. The van der Waals surface area contributed by atoms with E-state index in [1.807, 2.05) is 30.3 Å². The number of methoxy groups -OCH3 is 1. The van der Waals surface area contributed by atoms with E-state index >= 15 is 0 Å². The summed E-state index contributed by atoms with van der Waals surface area (Å²) in [5, 5.41) is 9.82. The van der Waals surface area contributed by atoms with Crippen molar-refractivity contribution in [2.24, 2.45) is 5.92 Å². The number of rotatable bonds is 9. The number of aromatic nitrogens is 2. The molecular formula is C25H29N5O4. The number of piperidine rings is 1. The third-order valence-electron chi connectivity index (χ3n) is 5.76. The second-order valence-corrected chi connectivity index (χ2v) is 8.24. The van der Waals surface area contributed by atoms with Crippen LogP contribution in [0.15, 0.2) is 59.1 Å². The van der Waals surface area contributed by atoms with Crippen molar-refractivity contribution >= 4 is 17.5 Å². The zero-order chi connectivity index (χ0) is 23.8. The molecule has 0 bridgehead atoms. The quantitative estimate of drug-likeness (QED) is 0.470. The van der Waals surface area contributed by atoms with E-state index in [1.54, 1.807) is 31.4 Å². The third-order valence-corrected chi connectivity index (χ3v) is 5.76. The Hall–Kier alpha value is -3.56. The maximum Gasteiger partial charge on any atom is 0.253 e. The Bertz CT molecular complexity index is 1100. The molecule has 2 aromatic carbocycles. The predicted octanol–water partition coefficient (Wildman–Crippen LogP) is 2.96. The number of carbonyl (C=O) groups is 2. The summed E-state index contributed by atoms with van der Waals surface area (Å²) < 4.78 is 10.4. The molecule has 1 saturated heterocycles. The van der Waals surface area contributed by atoms with E-state index in [-0.39, 0.29) is 17.7 Å². The van der Waals surface area contributed by atoms with Crippen LogP contribution >= 0.6 is 0 Å². The highest BCUT2D eigenvalue weighted by Crippen LogP contribution is 2.23. The first-order valence-electron chi connectivity index (χ1n) is 11.4. The number of likely N-dealkylation sites (tertiary alicyclic amines) is 1. The summed E-state index contributed by atoms with van der Waals surface area (Å²) in [4.78, 5) is 32.2. The highest BCUT2D eigenvalue weighted by molar-refractivity contribution is 6.04. The number of benzene rings is 2. The molecule has 0 saturated carbocycles. The van der Waals surface area contributed by atoms with Crippen LogP contribution < -0.4 is 10.6 Å². The molecule has 9 heteroatoms. The van der Waals surface area contributed by atoms with Crippen LogP contribution in [-0.2, 0) is 16.1 Å². The van der Waals surface area contributed by atoms with Gasteiger partial charge in [-0.1, -0.05) is 47.6 Å². The first-order valence-corrected chi connectivity index (χ1v) is 11.4. The molecule has 4 rings (SSSR count). The Kier molecular flexibility index (Phi) is 8.00. The first kappa shape index (κ1) is 23.6. The van der Waals surface area contributed by atoms with Gasteiger partial charge in [0.15, 0.2) is 0 Å². The molecule has 9 nitrogen and oxygen atoms in total. The first-order chi connectivity index (χ1) is 16.6. The largest absolute Gasteiger partial charge is 0.383 e. The molecule has 0 radical (unpaired) electrons. The highest BCUT2D eigenvalue weighted by Gasteiger charge is 2.27. The lowest BCUT2D eigenvalue weighted by atomic mass is 9.96. The topological polar surface area (TPSA) is 110 Å². The normalized spacial score (nSPS) is 16.2. The van der Waals surface area contributed by atoms with Crippen molar-refractivity contribution in [1.82, 2.24) is 20.4 Å². The molecular weight excluding hydrogens is 434 g/mol. The molecule has 0 spiro atoms. The van der Waals surface area contributed by atoms with Gasteiger partial charge in [-0.25, -0.2) is 0 Å². The lowest BCUT2D eigenvalue weighted by molar-refractivity contribution is -0.121. The van der Waals surface area contributed by atoms with Gasteiger partial charge in [0, 0.05) is 25.8 Å².